The van der Waals surface area contributed by atoms with Gasteiger partial charge in [-0.2, -0.15) is 4.98 Å². The highest BCUT2D eigenvalue weighted by Crippen LogP contribution is 2.28. The molecule has 0 aliphatic carbocycles. The number of nitro groups is 1. The number of anilines is 3. The molecule has 1 fully saturated rings. The molecule has 1 atom stereocenters. The smallest absolute Gasteiger partial charge is 0.274 e. The maximum absolute atomic E-state index is 11.2. The van der Waals surface area contributed by atoms with E-state index in [1.54, 1.807) is 19.1 Å². The van der Waals surface area contributed by atoms with Gasteiger partial charge in [-0.15, -0.1) is 0 Å². The van der Waals surface area contributed by atoms with Crippen molar-refractivity contribution in [3.8, 4) is 0 Å². The Balaban J connectivity index is 1.92. The Morgan fingerprint density at radius 2 is 2.14 bits per heavy atom. The van der Waals surface area contributed by atoms with Crippen LogP contribution in [0.5, 0.6) is 0 Å². The van der Waals surface area contributed by atoms with Gasteiger partial charge in [0.05, 0.1) is 4.92 Å². The largest absolute Gasteiger partial charge is 0.396 e. The van der Waals surface area contributed by atoms with Gasteiger partial charge in [-0.1, -0.05) is 19.4 Å². The Morgan fingerprint density at radius 1 is 1.31 bits per heavy atom. The normalized spacial score (nSPS) is 16.7. The van der Waals surface area contributed by atoms with Crippen LogP contribution in [0.1, 0.15) is 50.3 Å². The minimum atomic E-state index is -0.381. The molecular formula is C21H29N5O3. The van der Waals surface area contributed by atoms with Crippen molar-refractivity contribution in [2.24, 2.45) is 0 Å². The number of aliphatic hydroxyl groups excluding tert-OH is 1. The third-order valence-electron chi connectivity index (χ3n) is 5.32. The van der Waals surface area contributed by atoms with Crippen molar-refractivity contribution >= 4 is 23.1 Å². The van der Waals surface area contributed by atoms with Gasteiger partial charge in [-0.25, -0.2) is 4.98 Å². The second kappa shape index (κ2) is 9.65. The fraction of sp³-hybridized carbons (Fsp3) is 0.524. The first-order chi connectivity index (χ1) is 14.0. The Morgan fingerprint density at radius 3 is 2.86 bits per heavy atom. The fourth-order valence-electron chi connectivity index (χ4n) is 3.83. The Kier molecular flexibility index (Phi) is 6.98. The molecule has 2 heterocycles. The number of benzene rings is 1. The lowest BCUT2D eigenvalue weighted by Gasteiger charge is -2.36. The summed E-state index contributed by atoms with van der Waals surface area (Å²) in [5, 5.41) is 23.8. The van der Waals surface area contributed by atoms with Crippen LogP contribution in [0, 0.1) is 17.0 Å². The second-order valence-electron chi connectivity index (χ2n) is 7.53. The first kappa shape index (κ1) is 21.0. The molecule has 0 saturated carbocycles. The van der Waals surface area contributed by atoms with E-state index in [0.717, 1.165) is 56.6 Å². The number of nitrogens with zero attached hydrogens (tertiary/aromatic N) is 4. The summed E-state index contributed by atoms with van der Waals surface area (Å²) in [6.07, 6.45) is 5.82. The average Bonchev–Trinajstić information content (AvgIpc) is 2.70. The fourth-order valence-corrected chi connectivity index (χ4v) is 3.83. The molecule has 0 radical (unpaired) electrons. The van der Waals surface area contributed by atoms with Gasteiger partial charge in [-0.3, -0.25) is 10.1 Å². The van der Waals surface area contributed by atoms with Crippen molar-refractivity contribution in [2.75, 3.05) is 23.4 Å². The SMILES string of the molecule is CCCc1cc(N2CCCCC2CCO)nc(Nc2ccc(C)c([N+](=O)[O-])c2)n1. The van der Waals surface area contributed by atoms with Gasteiger partial charge in [0.15, 0.2) is 0 Å². The lowest BCUT2D eigenvalue weighted by atomic mass is 9.99. The van der Waals surface area contributed by atoms with Crippen molar-refractivity contribution in [1.29, 1.82) is 0 Å². The van der Waals surface area contributed by atoms with Gasteiger partial charge in [0.25, 0.3) is 5.69 Å². The lowest BCUT2D eigenvalue weighted by Crippen LogP contribution is -2.40. The number of hydrogen-bond donors (Lipinski definition) is 2. The summed E-state index contributed by atoms with van der Waals surface area (Å²) in [6, 6.07) is 7.33. The van der Waals surface area contributed by atoms with E-state index in [0.29, 0.717) is 17.2 Å². The van der Waals surface area contributed by atoms with Crippen molar-refractivity contribution in [3.05, 3.63) is 45.6 Å². The summed E-state index contributed by atoms with van der Waals surface area (Å²) in [6.45, 7) is 4.89. The lowest BCUT2D eigenvalue weighted by molar-refractivity contribution is -0.385. The van der Waals surface area contributed by atoms with Crippen LogP contribution >= 0.6 is 0 Å². The molecule has 8 nitrogen and oxygen atoms in total. The molecule has 1 unspecified atom stereocenters. The molecule has 1 saturated heterocycles. The van der Waals surface area contributed by atoms with E-state index in [2.05, 4.69) is 22.1 Å². The van der Waals surface area contributed by atoms with E-state index in [4.69, 9.17) is 4.98 Å². The molecular weight excluding hydrogens is 370 g/mol. The number of aliphatic hydroxyl groups is 1. The molecule has 1 aliphatic rings. The van der Waals surface area contributed by atoms with Crippen molar-refractivity contribution in [1.82, 2.24) is 9.97 Å². The van der Waals surface area contributed by atoms with Crippen LogP contribution in [0.4, 0.5) is 23.1 Å². The highest BCUT2D eigenvalue weighted by Gasteiger charge is 2.24. The first-order valence-corrected chi connectivity index (χ1v) is 10.3. The molecule has 2 N–H and O–H groups in total. The maximum Gasteiger partial charge on any atom is 0.274 e. The molecule has 1 aliphatic heterocycles. The molecule has 8 heteroatoms. The van der Waals surface area contributed by atoms with Gasteiger partial charge in [0, 0.05) is 48.3 Å². The molecule has 156 valence electrons. The zero-order chi connectivity index (χ0) is 20.8. The van der Waals surface area contributed by atoms with Crippen LogP contribution in [0.2, 0.25) is 0 Å². The molecule has 0 amide bonds. The summed E-state index contributed by atoms with van der Waals surface area (Å²) in [5.41, 5.74) is 2.21. The summed E-state index contributed by atoms with van der Waals surface area (Å²) in [5.74, 6) is 1.29. The predicted octanol–water partition coefficient (Wildman–Crippen LogP) is 4.13. The molecule has 2 aromatic rings. The highest BCUT2D eigenvalue weighted by atomic mass is 16.6. The maximum atomic E-state index is 11.2. The van der Waals surface area contributed by atoms with Crippen LogP contribution in [0.15, 0.2) is 24.3 Å². The summed E-state index contributed by atoms with van der Waals surface area (Å²) in [4.78, 5) is 22.5. The van der Waals surface area contributed by atoms with E-state index in [-0.39, 0.29) is 23.3 Å². The average molecular weight is 399 g/mol. The van der Waals surface area contributed by atoms with Crippen molar-refractivity contribution in [3.63, 3.8) is 0 Å². The van der Waals surface area contributed by atoms with E-state index >= 15 is 0 Å². The van der Waals surface area contributed by atoms with E-state index < -0.39 is 0 Å². The monoisotopic (exact) mass is 399 g/mol. The molecule has 0 spiro atoms. The van der Waals surface area contributed by atoms with E-state index in [1.807, 2.05) is 6.07 Å². The number of rotatable bonds is 8. The molecule has 29 heavy (non-hydrogen) atoms. The number of aromatic nitrogens is 2. The topological polar surface area (TPSA) is 104 Å². The Hall–Kier alpha value is -2.74. The van der Waals surface area contributed by atoms with E-state index in [1.165, 1.54) is 6.07 Å². The zero-order valence-electron chi connectivity index (χ0n) is 17.1. The Bertz CT molecular complexity index is 856. The number of nitro benzene ring substituents is 1. The molecule has 1 aromatic carbocycles. The molecule has 0 bridgehead atoms. The third kappa shape index (κ3) is 5.20. The third-order valence-corrected chi connectivity index (χ3v) is 5.32. The number of hydrogen-bond acceptors (Lipinski definition) is 7. The first-order valence-electron chi connectivity index (χ1n) is 10.3. The second-order valence-corrected chi connectivity index (χ2v) is 7.53. The van der Waals surface area contributed by atoms with Gasteiger partial charge >= 0.3 is 0 Å². The Labute approximate surface area is 171 Å². The molecule has 3 rings (SSSR count). The number of nitrogens with one attached hydrogen (secondary N) is 1. The van der Waals surface area contributed by atoms with Gasteiger partial charge in [0.1, 0.15) is 5.82 Å². The van der Waals surface area contributed by atoms with Crippen LogP contribution in [0.25, 0.3) is 0 Å². The van der Waals surface area contributed by atoms with Crippen LogP contribution in [-0.4, -0.2) is 39.2 Å². The summed E-state index contributed by atoms with van der Waals surface area (Å²) >= 11 is 0. The van der Waals surface area contributed by atoms with Gasteiger partial charge < -0.3 is 15.3 Å². The summed E-state index contributed by atoms with van der Waals surface area (Å²) in [7, 11) is 0. The zero-order valence-corrected chi connectivity index (χ0v) is 17.1. The van der Waals surface area contributed by atoms with Crippen LogP contribution in [0.3, 0.4) is 0 Å². The number of piperidine rings is 1. The number of aryl methyl sites for hydroxylation is 2. The van der Waals surface area contributed by atoms with Gasteiger partial charge in [0.2, 0.25) is 5.95 Å². The van der Waals surface area contributed by atoms with Crippen LogP contribution < -0.4 is 10.2 Å². The highest BCUT2D eigenvalue weighted by molar-refractivity contribution is 5.61. The summed E-state index contributed by atoms with van der Waals surface area (Å²) < 4.78 is 0. The van der Waals surface area contributed by atoms with Gasteiger partial charge in [-0.05, 0) is 45.1 Å². The molecule has 1 aromatic heterocycles. The predicted molar refractivity (Wildman–Crippen MR) is 114 cm³/mol. The van der Waals surface area contributed by atoms with E-state index in [9.17, 15) is 15.2 Å². The minimum Gasteiger partial charge on any atom is -0.396 e. The quantitative estimate of drug-likeness (QED) is 0.508. The van der Waals surface area contributed by atoms with Crippen LogP contribution in [-0.2, 0) is 6.42 Å². The van der Waals surface area contributed by atoms with Crippen molar-refractivity contribution < 1.29 is 10.0 Å². The standard InChI is InChI=1S/C21H29N5O3/c1-3-6-16-14-20(25-11-5-4-7-18(25)10-12-27)24-21(22-16)23-17-9-8-15(2)19(13-17)26(28)29/h8-9,13-14,18,27H,3-7,10-12H2,1-2H3,(H,22,23,24). The van der Waals surface area contributed by atoms with Crippen molar-refractivity contribution in [2.45, 2.75) is 58.4 Å². The minimum absolute atomic E-state index is 0.0685.